The molecular weight excluding hydrogens is 373 g/mol. The third kappa shape index (κ3) is 4.15. The van der Waals surface area contributed by atoms with Gasteiger partial charge in [-0.25, -0.2) is 0 Å². The summed E-state index contributed by atoms with van der Waals surface area (Å²) >= 11 is 12.1. The summed E-state index contributed by atoms with van der Waals surface area (Å²) in [5, 5.41) is 8.30. The molecule has 1 aromatic heterocycles. The van der Waals surface area contributed by atoms with Crippen molar-refractivity contribution in [3.8, 4) is 5.75 Å². The van der Waals surface area contributed by atoms with Crippen molar-refractivity contribution < 1.29 is 9.53 Å². The second-order valence-corrected chi connectivity index (χ2v) is 7.51. The smallest absolute Gasteiger partial charge is 0.261 e. The Bertz CT molecular complexity index is 772. The first-order chi connectivity index (χ1) is 12.5. The van der Waals surface area contributed by atoms with E-state index in [2.05, 4.69) is 10.2 Å². The molecule has 0 saturated carbocycles. The quantitative estimate of drug-likeness (QED) is 0.803. The zero-order valence-corrected chi connectivity index (χ0v) is 16.5. The Balaban J connectivity index is 1.77. The van der Waals surface area contributed by atoms with Gasteiger partial charge in [0, 0.05) is 28.9 Å². The third-order valence-corrected chi connectivity index (χ3v) is 5.38. The lowest BCUT2D eigenvalue weighted by atomic mass is 9.99. The largest absolute Gasteiger partial charge is 0.482 e. The van der Waals surface area contributed by atoms with Gasteiger partial charge >= 0.3 is 0 Å². The van der Waals surface area contributed by atoms with Gasteiger partial charge in [-0.3, -0.25) is 9.89 Å². The van der Waals surface area contributed by atoms with Gasteiger partial charge in [-0.2, -0.15) is 5.10 Å². The fourth-order valence-corrected chi connectivity index (χ4v) is 3.90. The van der Waals surface area contributed by atoms with E-state index in [-0.39, 0.29) is 18.6 Å². The molecule has 1 aromatic carbocycles. The average Bonchev–Trinajstić information content (AvgIpc) is 2.82. The van der Waals surface area contributed by atoms with E-state index in [4.69, 9.17) is 27.9 Å². The minimum absolute atomic E-state index is 0.0298. The van der Waals surface area contributed by atoms with E-state index in [1.165, 1.54) is 0 Å². The second kappa shape index (κ2) is 8.31. The van der Waals surface area contributed by atoms with Crippen molar-refractivity contribution >= 4 is 29.1 Å². The first-order valence-corrected chi connectivity index (χ1v) is 9.61. The fraction of sp³-hybridized carbons (Fsp3) is 0.474. The molecule has 1 saturated heterocycles. The van der Waals surface area contributed by atoms with Crippen molar-refractivity contribution in [1.82, 2.24) is 15.1 Å². The molecule has 3 rings (SSSR count). The summed E-state index contributed by atoms with van der Waals surface area (Å²) in [4.78, 5) is 14.9. The van der Waals surface area contributed by atoms with Crippen molar-refractivity contribution in [2.45, 2.75) is 45.6 Å². The van der Waals surface area contributed by atoms with Crippen LogP contribution >= 0.6 is 23.2 Å². The SMILES string of the molecule is Cc1n[nH]c(C)c1[C@H]1CCCCCN1C(=O)COc1cc(Cl)ccc1Cl. The molecular formula is C19H23Cl2N3O2. The normalized spacial score (nSPS) is 17.8. The predicted molar refractivity (Wildman–Crippen MR) is 103 cm³/mol. The number of benzene rings is 1. The molecule has 0 radical (unpaired) electrons. The maximum atomic E-state index is 12.9. The van der Waals surface area contributed by atoms with Gasteiger partial charge in [0.15, 0.2) is 6.61 Å². The lowest BCUT2D eigenvalue weighted by Crippen LogP contribution is -2.38. The molecule has 1 atom stereocenters. The highest BCUT2D eigenvalue weighted by Gasteiger charge is 2.30. The van der Waals surface area contributed by atoms with Gasteiger partial charge < -0.3 is 9.64 Å². The number of nitrogens with one attached hydrogen (secondary N) is 1. The van der Waals surface area contributed by atoms with E-state index in [9.17, 15) is 4.79 Å². The molecule has 7 heteroatoms. The molecule has 0 bridgehead atoms. The van der Waals surface area contributed by atoms with Crippen LogP contribution in [-0.4, -0.2) is 34.2 Å². The number of aromatic nitrogens is 2. The fourth-order valence-electron chi connectivity index (χ4n) is 3.57. The van der Waals surface area contributed by atoms with Crippen molar-refractivity contribution in [2.75, 3.05) is 13.2 Å². The van der Waals surface area contributed by atoms with Gasteiger partial charge in [0.05, 0.1) is 16.8 Å². The van der Waals surface area contributed by atoms with Crippen LogP contribution in [0.15, 0.2) is 18.2 Å². The van der Waals surface area contributed by atoms with Gasteiger partial charge in [0.1, 0.15) is 5.75 Å². The predicted octanol–water partition coefficient (Wildman–Crippen LogP) is 4.86. The van der Waals surface area contributed by atoms with Crippen LogP contribution in [0.5, 0.6) is 5.75 Å². The van der Waals surface area contributed by atoms with Crippen LogP contribution in [0.1, 0.15) is 48.7 Å². The van der Waals surface area contributed by atoms with E-state index in [1.54, 1.807) is 18.2 Å². The summed E-state index contributed by atoms with van der Waals surface area (Å²) in [7, 11) is 0. The number of likely N-dealkylation sites (tertiary alicyclic amines) is 1. The highest BCUT2D eigenvalue weighted by molar-refractivity contribution is 6.34. The van der Waals surface area contributed by atoms with E-state index >= 15 is 0 Å². The van der Waals surface area contributed by atoms with Crippen LogP contribution in [0.3, 0.4) is 0 Å². The maximum absolute atomic E-state index is 12.9. The molecule has 0 aliphatic carbocycles. The first-order valence-electron chi connectivity index (χ1n) is 8.86. The molecule has 1 fully saturated rings. The number of amides is 1. The van der Waals surface area contributed by atoms with E-state index in [0.717, 1.165) is 49.2 Å². The number of aryl methyl sites for hydroxylation is 2. The van der Waals surface area contributed by atoms with Gasteiger partial charge in [-0.15, -0.1) is 0 Å². The van der Waals surface area contributed by atoms with Crippen LogP contribution < -0.4 is 4.74 Å². The Morgan fingerprint density at radius 1 is 1.31 bits per heavy atom. The number of ether oxygens (including phenoxy) is 1. The minimum atomic E-state index is -0.0630. The molecule has 0 unspecified atom stereocenters. The van der Waals surface area contributed by atoms with Gasteiger partial charge in [0.2, 0.25) is 0 Å². The average molecular weight is 396 g/mol. The molecule has 140 valence electrons. The molecule has 2 aromatic rings. The number of halogens is 2. The Hall–Kier alpha value is -1.72. The lowest BCUT2D eigenvalue weighted by molar-refractivity contribution is -0.135. The zero-order chi connectivity index (χ0) is 18.7. The minimum Gasteiger partial charge on any atom is -0.482 e. The van der Waals surface area contributed by atoms with Crippen LogP contribution in [0.2, 0.25) is 10.0 Å². The second-order valence-electron chi connectivity index (χ2n) is 6.66. The summed E-state index contributed by atoms with van der Waals surface area (Å²) < 4.78 is 5.67. The monoisotopic (exact) mass is 395 g/mol. The molecule has 1 amide bonds. The zero-order valence-electron chi connectivity index (χ0n) is 15.0. The van der Waals surface area contributed by atoms with Gasteiger partial charge in [0.25, 0.3) is 5.91 Å². The molecule has 2 heterocycles. The van der Waals surface area contributed by atoms with E-state index < -0.39 is 0 Å². The topological polar surface area (TPSA) is 58.2 Å². The van der Waals surface area contributed by atoms with Crippen molar-refractivity contribution in [3.63, 3.8) is 0 Å². The number of nitrogens with zero attached hydrogens (tertiary/aromatic N) is 2. The molecule has 1 N–H and O–H groups in total. The van der Waals surface area contributed by atoms with E-state index in [1.807, 2.05) is 18.7 Å². The highest BCUT2D eigenvalue weighted by atomic mass is 35.5. The van der Waals surface area contributed by atoms with Gasteiger partial charge in [-0.05, 0) is 38.8 Å². The lowest BCUT2D eigenvalue weighted by Gasteiger charge is -2.30. The molecule has 0 spiro atoms. The van der Waals surface area contributed by atoms with Crippen LogP contribution in [0.4, 0.5) is 0 Å². The molecule has 1 aliphatic rings. The van der Waals surface area contributed by atoms with Crippen LogP contribution in [-0.2, 0) is 4.79 Å². The third-order valence-electron chi connectivity index (χ3n) is 4.84. The van der Waals surface area contributed by atoms with Crippen molar-refractivity contribution in [1.29, 1.82) is 0 Å². The highest BCUT2D eigenvalue weighted by Crippen LogP contribution is 2.33. The van der Waals surface area contributed by atoms with Crippen molar-refractivity contribution in [3.05, 3.63) is 45.2 Å². The molecule has 26 heavy (non-hydrogen) atoms. The Morgan fingerprint density at radius 2 is 2.12 bits per heavy atom. The number of carbonyl (C=O) groups is 1. The summed E-state index contributed by atoms with van der Waals surface area (Å²) in [5.74, 6) is 0.377. The number of aromatic amines is 1. The van der Waals surface area contributed by atoms with Gasteiger partial charge in [-0.1, -0.05) is 36.0 Å². The number of H-pyrrole nitrogens is 1. The molecule has 1 aliphatic heterocycles. The Morgan fingerprint density at radius 3 is 2.85 bits per heavy atom. The Kier molecular flexibility index (Phi) is 6.09. The first kappa shape index (κ1) is 19.1. The number of hydrogen-bond donors (Lipinski definition) is 1. The Labute approximate surface area is 163 Å². The van der Waals surface area contributed by atoms with E-state index in [0.29, 0.717) is 15.8 Å². The summed E-state index contributed by atoms with van der Waals surface area (Å²) in [6.45, 7) is 4.65. The maximum Gasteiger partial charge on any atom is 0.261 e. The van der Waals surface area contributed by atoms with Crippen LogP contribution in [0.25, 0.3) is 0 Å². The summed E-state index contributed by atoms with van der Waals surface area (Å²) in [6.07, 6.45) is 4.15. The summed E-state index contributed by atoms with van der Waals surface area (Å²) in [5.41, 5.74) is 3.10. The number of hydrogen-bond acceptors (Lipinski definition) is 3. The number of rotatable bonds is 4. The summed E-state index contributed by atoms with van der Waals surface area (Å²) in [6, 6.07) is 5.01. The molecule has 5 nitrogen and oxygen atoms in total. The van der Waals surface area contributed by atoms with Crippen molar-refractivity contribution in [2.24, 2.45) is 0 Å². The number of carbonyl (C=O) groups excluding carboxylic acids is 1. The van der Waals surface area contributed by atoms with Crippen LogP contribution in [0, 0.1) is 13.8 Å². The standard InChI is InChI=1S/C19H23Cl2N3O2/c1-12-19(13(2)23-22-12)16-6-4-3-5-9-24(16)18(25)11-26-17-10-14(20)7-8-15(17)21/h7-8,10,16H,3-6,9,11H2,1-2H3,(H,22,23)/t16-/m1/s1.